The molecule has 0 radical (unpaired) electrons. The van der Waals surface area contributed by atoms with Crippen LogP contribution in [0, 0.1) is 6.92 Å². The molecule has 4 nitrogen and oxygen atoms in total. The Morgan fingerprint density at radius 3 is 2.83 bits per heavy atom. The van der Waals surface area contributed by atoms with E-state index in [1.54, 1.807) is 0 Å². The summed E-state index contributed by atoms with van der Waals surface area (Å²) in [5, 5.41) is 3.52. The van der Waals surface area contributed by atoms with Crippen molar-refractivity contribution in [1.82, 2.24) is 19.9 Å². The summed E-state index contributed by atoms with van der Waals surface area (Å²) in [5.74, 6) is 1.06. The van der Waals surface area contributed by atoms with Crippen molar-refractivity contribution in [3.8, 4) is 0 Å². The molecular weight excluding hydrogens is 284 g/mol. The van der Waals surface area contributed by atoms with E-state index in [9.17, 15) is 0 Å². The largest absolute Gasteiger partial charge is 0.327 e. The molecule has 1 aromatic carbocycles. The summed E-state index contributed by atoms with van der Waals surface area (Å²) >= 11 is 0. The standard InChI is InChI=1S/C19H22N4/c1-15(10-11-17-7-5-6-12-21-17)20-13-14-23-16(2)22-18-8-3-4-9-19(18)23/h3-12,15,20H,13-14H2,1-2H3/b11-10+. The van der Waals surface area contributed by atoms with Crippen LogP contribution in [-0.2, 0) is 6.54 Å². The number of nitrogens with one attached hydrogen (secondary N) is 1. The predicted octanol–water partition coefficient (Wildman–Crippen LogP) is 3.43. The van der Waals surface area contributed by atoms with Crippen molar-refractivity contribution in [2.24, 2.45) is 0 Å². The van der Waals surface area contributed by atoms with Crippen molar-refractivity contribution in [2.45, 2.75) is 26.4 Å². The fraction of sp³-hybridized carbons (Fsp3) is 0.263. The smallest absolute Gasteiger partial charge is 0.106 e. The molecule has 118 valence electrons. The first-order valence-electron chi connectivity index (χ1n) is 7.98. The van der Waals surface area contributed by atoms with E-state index in [-0.39, 0.29) is 0 Å². The van der Waals surface area contributed by atoms with Gasteiger partial charge >= 0.3 is 0 Å². The van der Waals surface area contributed by atoms with Crippen LogP contribution in [0.1, 0.15) is 18.4 Å². The molecule has 0 fully saturated rings. The third-order valence-electron chi connectivity index (χ3n) is 3.89. The van der Waals surface area contributed by atoms with Crippen molar-refractivity contribution in [1.29, 1.82) is 0 Å². The first-order chi connectivity index (χ1) is 11.2. The zero-order valence-electron chi connectivity index (χ0n) is 13.6. The molecule has 0 saturated heterocycles. The zero-order chi connectivity index (χ0) is 16.1. The minimum Gasteiger partial charge on any atom is -0.327 e. The molecule has 1 atom stereocenters. The van der Waals surface area contributed by atoms with Crippen LogP contribution in [0.25, 0.3) is 17.1 Å². The van der Waals surface area contributed by atoms with E-state index in [0.29, 0.717) is 6.04 Å². The van der Waals surface area contributed by atoms with Crippen LogP contribution in [0.3, 0.4) is 0 Å². The van der Waals surface area contributed by atoms with Gasteiger partial charge in [-0.15, -0.1) is 0 Å². The molecule has 1 N–H and O–H groups in total. The average Bonchev–Trinajstić information content (AvgIpc) is 2.90. The van der Waals surface area contributed by atoms with Gasteiger partial charge in [-0.05, 0) is 44.2 Å². The Balaban J connectivity index is 1.56. The van der Waals surface area contributed by atoms with E-state index in [1.165, 1.54) is 5.52 Å². The van der Waals surface area contributed by atoms with Gasteiger partial charge in [0.1, 0.15) is 5.82 Å². The van der Waals surface area contributed by atoms with Crippen molar-refractivity contribution < 1.29 is 0 Å². The molecule has 0 saturated carbocycles. The summed E-state index contributed by atoms with van der Waals surface area (Å²) in [5.41, 5.74) is 3.24. The van der Waals surface area contributed by atoms with E-state index in [4.69, 9.17) is 0 Å². The third kappa shape index (κ3) is 3.85. The lowest BCUT2D eigenvalue weighted by Crippen LogP contribution is -2.27. The van der Waals surface area contributed by atoms with Crippen molar-refractivity contribution >= 4 is 17.1 Å². The molecule has 0 amide bonds. The Morgan fingerprint density at radius 2 is 2.00 bits per heavy atom. The summed E-state index contributed by atoms with van der Waals surface area (Å²) in [6.07, 6.45) is 6.00. The molecule has 4 heteroatoms. The average molecular weight is 306 g/mol. The van der Waals surface area contributed by atoms with Crippen LogP contribution in [0.4, 0.5) is 0 Å². The second-order valence-electron chi connectivity index (χ2n) is 5.66. The maximum atomic E-state index is 4.60. The van der Waals surface area contributed by atoms with Gasteiger partial charge in [-0.25, -0.2) is 4.98 Å². The molecule has 3 rings (SSSR count). The van der Waals surface area contributed by atoms with E-state index in [2.05, 4.69) is 64.1 Å². The first-order valence-corrected chi connectivity index (χ1v) is 7.98. The van der Waals surface area contributed by atoms with E-state index in [1.807, 2.05) is 30.5 Å². The molecule has 0 aliphatic heterocycles. The van der Waals surface area contributed by atoms with Gasteiger partial charge in [-0.2, -0.15) is 0 Å². The maximum absolute atomic E-state index is 4.60. The van der Waals surface area contributed by atoms with Gasteiger partial charge in [0.25, 0.3) is 0 Å². The third-order valence-corrected chi connectivity index (χ3v) is 3.89. The highest BCUT2D eigenvalue weighted by Gasteiger charge is 2.06. The summed E-state index contributed by atoms with van der Waals surface area (Å²) in [6, 6.07) is 14.5. The number of aryl methyl sites for hydroxylation is 1. The van der Waals surface area contributed by atoms with Crippen LogP contribution in [0.15, 0.2) is 54.7 Å². The van der Waals surface area contributed by atoms with Crippen molar-refractivity contribution in [3.63, 3.8) is 0 Å². The summed E-state index contributed by atoms with van der Waals surface area (Å²) < 4.78 is 2.26. The molecule has 0 aliphatic rings. The highest BCUT2D eigenvalue weighted by atomic mass is 15.1. The topological polar surface area (TPSA) is 42.7 Å². The highest BCUT2D eigenvalue weighted by Crippen LogP contribution is 2.14. The molecule has 2 heterocycles. The van der Waals surface area contributed by atoms with E-state index >= 15 is 0 Å². The normalized spacial score (nSPS) is 13.0. The van der Waals surface area contributed by atoms with Gasteiger partial charge < -0.3 is 9.88 Å². The van der Waals surface area contributed by atoms with Gasteiger partial charge in [0.05, 0.1) is 16.7 Å². The Kier molecular flexibility index (Phi) is 4.83. The molecule has 0 aliphatic carbocycles. The Hall–Kier alpha value is -2.46. The van der Waals surface area contributed by atoms with Gasteiger partial charge in [0, 0.05) is 25.3 Å². The summed E-state index contributed by atoms with van der Waals surface area (Å²) in [7, 11) is 0. The minimum atomic E-state index is 0.298. The monoisotopic (exact) mass is 306 g/mol. The Morgan fingerprint density at radius 1 is 1.17 bits per heavy atom. The maximum Gasteiger partial charge on any atom is 0.106 e. The molecule has 1 unspecified atom stereocenters. The lowest BCUT2D eigenvalue weighted by molar-refractivity contribution is 0.569. The Bertz CT molecular complexity index is 789. The fourth-order valence-corrected chi connectivity index (χ4v) is 2.67. The number of aromatic nitrogens is 3. The molecule has 3 aromatic rings. The molecule has 0 spiro atoms. The van der Waals surface area contributed by atoms with Crippen molar-refractivity contribution in [2.75, 3.05) is 6.54 Å². The van der Waals surface area contributed by atoms with Gasteiger partial charge in [-0.1, -0.05) is 24.3 Å². The van der Waals surface area contributed by atoms with Crippen molar-refractivity contribution in [3.05, 3.63) is 66.3 Å². The predicted molar refractivity (Wildman–Crippen MR) is 95.2 cm³/mol. The lowest BCUT2D eigenvalue weighted by atomic mass is 10.2. The van der Waals surface area contributed by atoms with Gasteiger partial charge in [0.2, 0.25) is 0 Å². The second-order valence-corrected chi connectivity index (χ2v) is 5.66. The molecular formula is C19H22N4. The number of benzene rings is 1. The molecule has 2 aromatic heterocycles. The molecule has 23 heavy (non-hydrogen) atoms. The summed E-state index contributed by atoms with van der Waals surface area (Å²) in [4.78, 5) is 8.89. The number of pyridine rings is 1. The molecule has 0 bridgehead atoms. The fourth-order valence-electron chi connectivity index (χ4n) is 2.67. The summed E-state index contributed by atoms with van der Waals surface area (Å²) in [6.45, 7) is 6.02. The van der Waals surface area contributed by atoms with Gasteiger partial charge in [0.15, 0.2) is 0 Å². The van der Waals surface area contributed by atoms with Crippen LogP contribution in [-0.4, -0.2) is 27.1 Å². The van der Waals surface area contributed by atoms with Crippen LogP contribution in [0.5, 0.6) is 0 Å². The Labute approximate surface area is 136 Å². The zero-order valence-corrected chi connectivity index (χ0v) is 13.6. The number of nitrogens with zero attached hydrogens (tertiary/aromatic N) is 3. The number of para-hydroxylation sites is 2. The first kappa shape index (κ1) is 15.4. The number of fused-ring (bicyclic) bond motifs is 1. The highest BCUT2D eigenvalue weighted by molar-refractivity contribution is 5.75. The quantitative estimate of drug-likeness (QED) is 0.758. The number of hydrogen-bond donors (Lipinski definition) is 1. The number of imidazole rings is 1. The van der Waals surface area contributed by atoms with Crippen LogP contribution < -0.4 is 5.32 Å². The van der Waals surface area contributed by atoms with E-state index < -0.39 is 0 Å². The lowest BCUT2D eigenvalue weighted by Gasteiger charge is -2.11. The number of rotatable bonds is 6. The SMILES string of the molecule is Cc1nc2ccccc2n1CCNC(C)/C=C/c1ccccn1. The van der Waals surface area contributed by atoms with Crippen LogP contribution >= 0.6 is 0 Å². The minimum absolute atomic E-state index is 0.298. The van der Waals surface area contributed by atoms with Crippen LogP contribution in [0.2, 0.25) is 0 Å². The number of hydrogen-bond acceptors (Lipinski definition) is 3. The van der Waals surface area contributed by atoms with Gasteiger partial charge in [-0.3, -0.25) is 4.98 Å². The van der Waals surface area contributed by atoms with E-state index in [0.717, 1.165) is 30.1 Å². The second kappa shape index (κ2) is 7.20.